The quantitative estimate of drug-likeness (QED) is 0.156. The first-order valence-corrected chi connectivity index (χ1v) is 17.6. The van der Waals surface area contributed by atoms with E-state index >= 15 is 4.39 Å². The van der Waals surface area contributed by atoms with E-state index < -0.39 is 0 Å². The van der Waals surface area contributed by atoms with Gasteiger partial charge in [0.15, 0.2) is 0 Å². The molecule has 0 spiro atoms. The molecule has 1 heterocycles. The third-order valence-electron chi connectivity index (χ3n) is 9.96. The standard InChI is InChI=1S/C47H48FN2.Ir/c1-11-32-27-49-45(50-28-32)35-16-21-44(48)43(24-35)40-23-29(2)39(22-30(40)3)36-25-41(33-12-17-37(18-13-33)46(5,6)7)31(4)42(26-36)34-14-19-38(20-15-34)47(8,9)10;/h12-15,17-28H,11H2,1-10H3;/q-1;. The van der Waals surface area contributed by atoms with Crippen LogP contribution in [0.25, 0.3) is 55.9 Å². The molecule has 0 saturated heterocycles. The smallest absolute Gasteiger partial charge is 0.0748 e. The minimum Gasteiger partial charge on any atom is -0.285 e. The third-order valence-corrected chi connectivity index (χ3v) is 9.96. The van der Waals surface area contributed by atoms with Crippen LogP contribution in [0.5, 0.6) is 0 Å². The zero-order chi connectivity index (χ0) is 36.0. The van der Waals surface area contributed by atoms with Crippen LogP contribution in [0.15, 0.2) is 97.3 Å². The fraction of sp³-hybridized carbons (Fsp3) is 0.277. The summed E-state index contributed by atoms with van der Waals surface area (Å²) in [7, 11) is 0. The second kappa shape index (κ2) is 14.8. The van der Waals surface area contributed by atoms with Gasteiger partial charge in [-0.25, -0.2) is 0 Å². The molecule has 5 aromatic carbocycles. The predicted octanol–water partition coefficient (Wildman–Crippen LogP) is 12.8. The van der Waals surface area contributed by atoms with E-state index in [0.717, 1.165) is 39.8 Å². The largest absolute Gasteiger partial charge is 0.285 e. The van der Waals surface area contributed by atoms with E-state index in [-0.39, 0.29) is 36.8 Å². The molecule has 0 unspecified atom stereocenters. The number of aromatic nitrogens is 2. The van der Waals surface area contributed by atoms with Crippen LogP contribution in [-0.2, 0) is 37.4 Å². The van der Waals surface area contributed by atoms with E-state index in [4.69, 9.17) is 0 Å². The normalized spacial score (nSPS) is 11.7. The van der Waals surface area contributed by atoms with E-state index in [0.29, 0.717) is 17.0 Å². The Bertz CT molecular complexity index is 2090. The van der Waals surface area contributed by atoms with Crippen LogP contribution < -0.4 is 0 Å². The van der Waals surface area contributed by atoms with Gasteiger partial charge in [-0.05, 0) is 122 Å². The maximum absolute atomic E-state index is 15.5. The maximum Gasteiger partial charge on any atom is 0.0748 e. The van der Waals surface area contributed by atoms with Gasteiger partial charge >= 0.3 is 0 Å². The van der Waals surface area contributed by atoms with Gasteiger partial charge in [-0.3, -0.25) is 14.4 Å². The number of hydrogen-bond acceptors (Lipinski definition) is 2. The number of benzene rings is 5. The molecule has 4 heteroatoms. The van der Waals surface area contributed by atoms with Gasteiger partial charge < -0.3 is 0 Å². The van der Waals surface area contributed by atoms with Crippen molar-refractivity contribution < 1.29 is 24.5 Å². The SMILES string of the molecule is CCc1cnc(-c2[c-]cc(F)c(-c3cc(C)c(-c4cc(-c5ccc(C(C)(C)C)cc5)c(C)c(-c5ccc(C(C)(C)C)cc5)c4)cc3C)c2)nc1.[Ir]. The van der Waals surface area contributed by atoms with Crippen molar-refractivity contribution in [3.05, 3.63) is 143 Å². The van der Waals surface area contributed by atoms with E-state index in [1.165, 1.54) is 45.0 Å². The molecule has 263 valence electrons. The van der Waals surface area contributed by atoms with Crippen molar-refractivity contribution in [2.24, 2.45) is 0 Å². The van der Waals surface area contributed by atoms with Crippen molar-refractivity contribution in [3.63, 3.8) is 0 Å². The van der Waals surface area contributed by atoms with Gasteiger partial charge in [0.1, 0.15) is 0 Å². The van der Waals surface area contributed by atoms with Crippen molar-refractivity contribution in [1.29, 1.82) is 0 Å². The molecule has 1 aromatic heterocycles. The van der Waals surface area contributed by atoms with Crippen LogP contribution in [0.3, 0.4) is 0 Å². The van der Waals surface area contributed by atoms with Gasteiger partial charge in [-0.15, -0.1) is 23.8 Å². The van der Waals surface area contributed by atoms with E-state index in [2.05, 4.69) is 158 Å². The zero-order valence-electron chi connectivity index (χ0n) is 31.6. The molecule has 0 bridgehead atoms. The average Bonchev–Trinajstić information content (AvgIpc) is 3.09. The molecule has 0 aliphatic rings. The number of nitrogens with zero attached hydrogens (tertiary/aromatic N) is 2. The van der Waals surface area contributed by atoms with Crippen molar-refractivity contribution in [2.75, 3.05) is 0 Å². The van der Waals surface area contributed by atoms with Gasteiger partial charge in [-0.2, -0.15) is 0 Å². The summed E-state index contributed by atoms with van der Waals surface area (Å²) in [6.45, 7) is 22.0. The van der Waals surface area contributed by atoms with Crippen molar-refractivity contribution in [2.45, 2.75) is 86.5 Å². The zero-order valence-corrected chi connectivity index (χ0v) is 33.9. The molecule has 1 radical (unpaired) electrons. The van der Waals surface area contributed by atoms with Crippen LogP contribution in [0.2, 0.25) is 0 Å². The van der Waals surface area contributed by atoms with Gasteiger partial charge in [0.05, 0.1) is 5.82 Å². The molecule has 0 atom stereocenters. The number of rotatable bonds is 6. The molecular weight excluding hydrogens is 804 g/mol. The second-order valence-electron chi connectivity index (χ2n) is 15.7. The first-order valence-electron chi connectivity index (χ1n) is 17.6. The van der Waals surface area contributed by atoms with Crippen LogP contribution in [-0.4, -0.2) is 9.97 Å². The molecule has 0 aliphatic carbocycles. The summed E-state index contributed by atoms with van der Waals surface area (Å²) in [6.07, 6.45) is 4.51. The fourth-order valence-corrected chi connectivity index (χ4v) is 6.67. The Balaban J connectivity index is 0.00000504. The molecule has 0 amide bonds. The number of halogens is 1. The van der Waals surface area contributed by atoms with E-state index in [9.17, 15) is 0 Å². The first kappa shape index (κ1) is 38.0. The Hall–Kier alpha value is -4.24. The van der Waals surface area contributed by atoms with Gasteiger partial charge in [0.2, 0.25) is 0 Å². The molecule has 0 saturated carbocycles. The van der Waals surface area contributed by atoms with Crippen LogP contribution >= 0.6 is 0 Å². The van der Waals surface area contributed by atoms with Crippen molar-refractivity contribution in [1.82, 2.24) is 9.97 Å². The minimum atomic E-state index is -0.313. The molecule has 2 nitrogen and oxygen atoms in total. The predicted molar refractivity (Wildman–Crippen MR) is 209 cm³/mol. The molecule has 6 rings (SSSR count). The third kappa shape index (κ3) is 7.98. The number of aryl methyl sites for hydroxylation is 3. The van der Waals surface area contributed by atoms with Gasteiger partial charge in [-0.1, -0.05) is 115 Å². The molecule has 6 aromatic rings. The molecule has 51 heavy (non-hydrogen) atoms. The Labute approximate surface area is 318 Å². The van der Waals surface area contributed by atoms with Crippen LogP contribution in [0.4, 0.5) is 4.39 Å². The Morgan fingerprint density at radius 3 is 1.53 bits per heavy atom. The molecular formula is C47H48FIrN2-. The summed E-state index contributed by atoms with van der Waals surface area (Å²) in [4.78, 5) is 9.04. The average molecular weight is 852 g/mol. The summed E-state index contributed by atoms with van der Waals surface area (Å²) in [6, 6.07) is 33.3. The second-order valence-corrected chi connectivity index (χ2v) is 15.7. The maximum atomic E-state index is 15.5. The summed E-state index contributed by atoms with van der Waals surface area (Å²) in [5, 5.41) is 0. The minimum absolute atomic E-state index is 0. The summed E-state index contributed by atoms with van der Waals surface area (Å²) in [5.74, 6) is 0.228. The van der Waals surface area contributed by atoms with Crippen molar-refractivity contribution >= 4 is 0 Å². The topological polar surface area (TPSA) is 25.8 Å². The molecule has 0 fully saturated rings. The summed E-state index contributed by atoms with van der Waals surface area (Å²) < 4.78 is 15.5. The van der Waals surface area contributed by atoms with Crippen LogP contribution in [0, 0.1) is 32.7 Å². The fourth-order valence-electron chi connectivity index (χ4n) is 6.67. The number of hydrogen-bond donors (Lipinski definition) is 0. The Morgan fingerprint density at radius 1 is 0.588 bits per heavy atom. The van der Waals surface area contributed by atoms with Crippen LogP contribution in [0.1, 0.15) is 81.8 Å². The Morgan fingerprint density at radius 2 is 1.06 bits per heavy atom. The van der Waals surface area contributed by atoms with Gasteiger partial charge in [0, 0.05) is 38.3 Å². The summed E-state index contributed by atoms with van der Waals surface area (Å²) >= 11 is 0. The molecule has 0 N–H and O–H groups in total. The monoisotopic (exact) mass is 852 g/mol. The van der Waals surface area contributed by atoms with Crippen molar-refractivity contribution in [3.8, 4) is 55.9 Å². The molecule has 0 aliphatic heterocycles. The van der Waals surface area contributed by atoms with E-state index in [1.807, 2.05) is 18.5 Å². The van der Waals surface area contributed by atoms with Gasteiger partial charge in [0.25, 0.3) is 0 Å². The van der Waals surface area contributed by atoms with E-state index in [1.54, 1.807) is 0 Å². The summed E-state index contributed by atoms with van der Waals surface area (Å²) in [5.41, 5.74) is 16.3. The first-order chi connectivity index (χ1) is 23.6. The Kier molecular flexibility index (Phi) is 11.0.